The maximum Gasteiger partial charge on any atom is 0.264 e. The Morgan fingerprint density at radius 3 is 2.50 bits per heavy atom. The molecular weight excluding hydrogens is 349 g/mol. The highest BCUT2D eigenvalue weighted by Crippen LogP contribution is 2.25. The third-order valence-corrected chi connectivity index (χ3v) is 3.82. The third-order valence-electron chi connectivity index (χ3n) is 3.27. The van der Waals surface area contributed by atoms with Crippen LogP contribution in [0, 0.1) is 0 Å². The number of nitrogens with one attached hydrogen (secondary N) is 2. The number of hydrogen-bond acceptors (Lipinski definition) is 3. The normalized spacial score (nSPS) is 10.4. The standard InChI is InChI=1S/C17H11Cl2N3O2/c18-11-6-7-14(13(19)8-11)21-16(23)12-9-20-15(22-17(12)24)10-4-2-1-3-5-10/h1-9H,(H,21,23)(H,20,22,24). The Bertz CT molecular complexity index is 956. The van der Waals surface area contributed by atoms with Crippen LogP contribution in [0.15, 0.2) is 59.5 Å². The van der Waals surface area contributed by atoms with Crippen LogP contribution in [0.25, 0.3) is 11.4 Å². The lowest BCUT2D eigenvalue weighted by Crippen LogP contribution is -2.24. The van der Waals surface area contributed by atoms with Gasteiger partial charge in [-0.3, -0.25) is 9.59 Å². The van der Waals surface area contributed by atoms with E-state index in [1.807, 2.05) is 30.3 Å². The number of amides is 1. The summed E-state index contributed by atoms with van der Waals surface area (Å²) in [6.45, 7) is 0. The number of benzene rings is 2. The van der Waals surface area contributed by atoms with Crippen molar-refractivity contribution in [1.82, 2.24) is 9.97 Å². The number of nitrogens with zero attached hydrogens (tertiary/aromatic N) is 1. The summed E-state index contributed by atoms with van der Waals surface area (Å²) in [4.78, 5) is 31.2. The summed E-state index contributed by atoms with van der Waals surface area (Å²) in [5.74, 6) is -0.214. The molecule has 3 rings (SSSR count). The van der Waals surface area contributed by atoms with Crippen molar-refractivity contribution in [2.24, 2.45) is 0 Å². The zero-order valence-electron chi connectivity index (χ0n) is 12.2. The topological polar surface area (TPSA) is 74.8 Å². The fourth-order valence-electron chi connectivity index (χ4n) is 2.08. The van der Waals surface area contributed by atoms with Gasteiger partial charge in [0.15, 0.2) is 0 Å². The summed E-state index contributed by atoms with van der Waals surface area (Å²) in [6, 6.07) is 13.8. The maximum atomic E-state index is 12.3. The van der Waals surface area contributed by atoms with Gasteiger partial charge in [-0.2, -0.15) is 0 Å². The van der Waals surface area contributed by atoms with Crippen LogP contribution >= 0.6 is 23.2 Å². The molecule has 2 aromatic carbocycles. The number of aromatic nitrogens is 2. The zero-order chi connectivity index (χ0) is 17.1. The molecule has 1 amide bonds. The van der Waals surface area contributed by atoms with Gasteiger partial charge in [-0.15, -0.1) is 0 Å². The molecule has 0 spiro atoms. The molecular formula is C17H11Cl2N3O2. The Balaban J connectivity index is 1.87. The van der Waals surface area contributed by atoms with Crippen LogP contribution in [0.3, 0.4) is 0 Å². The van der Waals surface area contributed by atoms with Crippen LogP contribution < -0.4 is 10.9 Å². The van der Waals surface area contributed by atoms with Crippen molar-refractivity contribution in [2.45, 2.75) is 0 Å². The molecule has 120 valence electrons. The van der Waals surface area contributed by atoms with Gasteiger partial charge >= 0.3 is 0 Å². The predicted molar refractivity (Wildman–Crippen MR) is 94.7 cm³/mol. The molecule has 0 aliphatic heterocycles. The number of halogens is 2. The summed E-state index contributed by atoms with van der Waals surface area (Å²) in [5, 5.41) is 3.29. The second-order valence-corrected chi connectivity index (χ2v) is 5.76. The van der Waals surface area contributed by atoms with E-state index in [2.05, 4.69) is 15.3 Å². The van der Waals surface area contributed by atoms with E-state index in [-0.39, 0.29) is 10.6 Å². The molecule has 0 radical (unpaired) electrons. The monoisotopic (exact) mass is 359 g/mol. The summed E-state index contributed by atoms with van der Waals surface area (Å²) in [5.41, 5.74) is 0.465. The first-order valence-electron chi connectivity index (χ1n) is 6.96. The van der Waals surface area contributed by atoms with Gasteiger partial charge in [-0.25, -0.2) is 4.98 Å². The van der Waals surface area contributed by atoms with Crippen molar-refractivity contribution in [3.8, 4) is 11.4 Å². The Hall–Kier alpha value is -2.63. The lowest BCUT2D eigenvalue weighted by atomic mass is 10.2. The fourth-order valence-corrected chi connectivity index (χ4v) is 2.54. The number of H-pyrrole nitrogens is 1. The van der Waals surface area contributed by atoms with Crippen molar-refractivity contribution < 1.29 is 4.79 Å². The van der Waals surface area contributed by atoms with Gasteiger partial charge in [0.25, 0.3) is 11.5 Å². The van der Waals surface area contributed by atoms with Crippen LogP contribution in [0.1, 0.15) is 10.4 Å². The van der Waals surface area contributed by atoms with Gasteiger partial charge in [0, 0.05) is 16.8 Å². The van der Waals surface area contributed by atoms with Gasteiger partial charge < -0.3 is 10.3 Å². The fraction of sp³-hybridized carbons (Fsp3) is 0. The number of rotatable bonds is 3. The van der Waals surface area contributed by atoms with Crippen molar-refractivity contribution in [1.29, 1.82) is 0 Å². The molecule has 1 aromatic heterocycles. The van der Waals surface area contributed by atoms with Crippen molar-refractivity contribution in [3.05, 3.63) is 80.7 Å². The van der Waals surface area contributed by atoms with E-state index in [1.54, 1.807) is 12.1 Å². The number of aromatic amines is 1. The summed E-state index contributed by atoms with van der Waals surface area (Å²) in [6.07, 6.45) is 1.24. The molecule has 0 fully saturated rings. The molecule has 5 nitrogen and oxygen atoms in total. The van der Waals surface area contributed by atoms with Gasteiger partial charge in [0.1, 0.15) is 11.4 Å². The molecule has 0 bridgehead atoms. The molecule has 0 unspecified atom stereocenters. The number of hydrogen-bond donors (Lipinski definition) is 2. The van der Waals surface area contributed by atoms with E-state index in [1.165, 1.54) is 12.3 Å². The molecule has 3 aromatic rings. The Labute approximate surface area is 147 Å². The second kappa shape index (κ2) is 6.86. The van der Waals surface area contributed by atoms with Crippen LogP contribution in [0.4, 0.5) is 5.69 Å². The Kier molecular flexibility index (Phi) is 4.64. The smallest absolute Gasteiger partial charge is 0.264 e. The minimum atomic E-state index is -0.604. The van der Waals surface area contributed by atoms with E-state index in [9.17, 15) is 9.59 Å². The van der Waals surface area contributed by atoms with Crippen LogP contribution in [-0.2, 0) is 0 Å². The summed E-state index contributed by atoms with van der Waals surface area (Å²) >= 11 is 11.8. The number of anilines is 1. The molecule has 24 heavy (non-hydrogen) atoms. The molecule has 0 saturated heterocycles. The number of carbonyl (C=O) groups excluding carboxylic acids is 1. The predicted octanol–water partition coefficient (Wildman–Crippen LogP) is 4.00. The third kappa shape index (κ3) is 3.48. The molecule has 1 heterocycles. The van der Waals surface area contributed by atoms with Crippen molar-refractivity contribution >= 4 is 34.8 Å². The summed E-state index contributed by atoms with van der Waals surface area (Å²) in [7, 11) is 0. The minimum absolute atomic E-state index is 0.110. The first-order chi connectivity index (χ1) is 11.5. The highest BCUT2D eigenvalue weighted by Gasteiger charge is 2.14. The number of carbonyl (C=O) groups is 1. The van der Waals surface area contributed by atoms with E-state index in [0.717, 1.165) is 5.56 Å². The SMILES string of the molecule is O=C(Nc1ccc(Cl)cc1Cl)c1cnc(-c2ccccc2)[nH]c1=O. The largest absolute Gasteiger partial charge is 0.320 e. The lowest BCUT2D eigenvalue weighted by Gasteiger charge is -2.07. The van der Waals surface area contributed by atoms with Gasteiger partial charge in [0.2, 0.25) is 0 Å². The van der Waals surface area contributed by atoms with E-state index < -0.39 is 11.5 Å². The van der Waals surface area contributed by atoms with Crippen LogP contribution in [-0.4, -0.2) is 15.9 Å². The van der Waals surface area contributed by atoms with E-state index >= 15 is 0 Å². The van der Waals surface area contributed by atoms with Gasteiger partial charge in [-0.05, 0) is 18.2 Å². The van der Waals surface area contributed by atoms with Crippen LogP contribution in [0.2, 0.25) is 10.0 Å². The average Bonchev–Trinajstić information content (AvgIpc) is 2.58. The zero-order valence-corrected chi connectivity index (χ0v) is 13.7. The van der Waals surface area contributed by atoms with Gasteiger partial charge in [0.05, 0.1) is 10.7 Å². The Morgan fingerprint density at radius 1 is 1.08 bits per heavy atom. The average molecular weight is 360 g/mol. The Morgan fingerprint density at radius 2 is 1.83 bits per heavy atom. The quantitative estimate of drug-likeness (QED) is 0.742. The molecule has 0 aliphatic carbocycles. The van der Waals surface area contributed by atoms with E-state index in [0.29, 0.717) is 16.5 Å². The first kappa shape index (κ1) is 16.2. The second-order valence-electron chi connectivity index (χ2n) is 4.92. The maximum absolute atomic E-state index is 12.3. The first-order valence-corrected chi connectivity index (χ1v) is 7.71. The molecule has 7 heteroatoms. The van der Waals surface area contributed by atoms with Crippen molar-refractivity contribution in [2.75, 3.05) is 5.32 Å². The molecule has 0 saturated carbocycles. The molecule has 0 aliphatic rings. The van der Waals surface area contributed by atoms with E-state index in [4.69, 9.17) is 23.2 Å². The van der Waals surface area contributed by atoms with Crippen LogP contribution in [0.5, 0.6) is 0 Å². The highest BCUT2D eigenvalue weighted by atomic mass is 35.5. The van der Waals surface area contributed by atoms with Gasteiger partial charge in [-0.1, -0.05) is 53.5 Å². The lowest BCUT2D eigenvalue weighted by molar-refractivity contribution is 0.102. The molecule has 2 N–H and O–H groups in total. The van der Waals surface area contributed by atoms with Crippen molar-refractivity contribution in [3.63, 3.8) is 0 Å². The minimum Gasteiger partial charge on any atom is -0.320 e. The summed E-state index contributed by atoms with van der Waals surface area (Å²) < 4.78 is 0. The highest BCUT2D eigenvalue weighted by molar-refractivity contribution is 6.36. The molecule has 0 atom stereocenters.